The summed E-state index contributed by atoms with van der Waals surface area (Å²) >= 11 is 5.96. The van der Waals surface area contributed by atoms with Crippen LogP contribution in [0.5, 0.6) is 0 Å². The maximum atomic E-state index is 17.0. The number of rotatable bonds is 4. The number of esters is 1. The minimum Gasteiger partial charge on any atom is -0.450 e. The van der Waals surface area contributed by atoms with Gasteiger partial charge in [0.25, 0.3) is 0 Å². The van der Waals surface area contributed by atoms with E-state index >= 15 is 4.39 Å². The molecule has 6 atom stereocenters. The van der Waals surface area contributed by atoms with Crippen molar-refractivity contribution >= 4 is 34.9 Å². The molecule has 0 N–H and O–H groups in total. The van der Waals surface area contributed by atoms with E-state index in [1.54, 1.807) is 33.8 Å². The monoisotopic (exact) mass is 464 g/mol. The highest BCUT2D eigenvalue weighted by Crippen LogP contribution is 2.69. The molecule has 32 heavy (non-hydrogen) atoms. The van der Waals surface area contributed by atoms with Crippen LogP contribution in [-0.2, 0) is 23.9 Å². The molecule has 0 aromatic heterocycles. The summed E-state index contributed by atoms with van der Waals surface area (Å²) in [4.78, 5) is 51.3. The first kappa shape index (κ1) is 23.3. The third kappa shape index (κ3) is 2.74. The molecular formula is C25H30ClFO5. The molecule has 174 valence electrons. The minimum atomic E-state index is -2.18. The lowest BCUT2D eigenvalue weighted by Gasteiger charge is -2.59. The molecule has 7 heteroatoms. The Bertz CT molecular complexity index is 969. The van der Waals surface area contributed by atoms with Crippen molar-refractivity contribution in [1.29, 1.82) is 0 Å². The first-order valence-electron chi connectivity index (χ1n) is 11.4. The molecule has 0 bridgehead atoms. The Morgan fingerprint density at radius 1 is 1.22 bits per heavy atom. The molecule has 0 unspecified atom stereocenters. The molecule has 4 aliphatic carbocycles. The highest BCUT2D eigenvalue weighted by Gasteiger charge is 2.75. The van der Waals surface area contributed by atoms with Crippen LogP contribution in [0.25, 0.3) is 0 Å². The molecule has 0 aliphatic heterocycles. The molecule has 4 aliphatic rings. The van der Waals surface area contributed by atoms with Gasteiger partial charge in [-0.25, -0.2) is 4.39 Å². The van der Waals surface area contributed by atoms with E-state index in [0.717, 1.165) is 0 Å². The zero-order chi connectivity index (χ0) is 23.7. The SMILES string of the molecule is CC(C)C(=O)O[C@]1(C(=O)CCl)CC[C@H]2[C@@H]3CCC4=CC(=O)C=C[C@]4(C)[C@@]3(F)C(=O)C[C@@]21C. The lowest BCUT2D eigenvalue weighted by Crippen LogP contribution is -2.68. The van der Waals surface area contributed by atoms with E-state index < -0.39 is 51.5 Å². The number of fused-ring (bicyclic) bond motifs is 5. The van der Waals surface area contributed by atoms with Crippen LogP contribution in [0.2, 0.25) is 0 Å². The van der Waals surface area contributed by atoms with Crippen molar-refractivity contribution < 1.29 is 28.3 Å². The number of alkyl halides is 2. The second kappa shape index (κ2) is 7.34. The van der Waals surface area contributed by atoms with E-state index in [1.165, 1.54) is 12.2 Å². The van der Waals surface area contributed by atoms with Gasteiger partial charge < -0.3 is 4.74 Å². The second-order valence-electron chi connectivity index (χ2n) is 10.6. The van der Waals surface area contributed by atoms with Crippen molar-refractivity contribution in [2.24, 2.45) is 28.6 Å². The Labute approximate surface area is 192 Å². The maximum Gasteiger partial charge on any atom is 0.309 e. The highest BCUT2D eigenvalue weighted by molar-refractivity contribution is 6.29. The van der Waals surface area contributed by atoms with Crippen LogP contribution in [0.4, 0.5) is 4.39 Å². The molecular weight excluding hydrogens is 435 g/mol. The number of carbonyl (C=O) groups excluding carboxylic acids is 4. The van der Waals surface area contributed by atoms with Gasteiger partial charge in [0, 0.05) is 23.2 Å². The Morgan fingerprint density at radius 2 is 1.91 bits per heavy atom. The molecule has 0 aromatic carbocycles. The fourth-order valence-corrected chi connectivity index (χ4v) is 7.22. The number of carbonyl (C=O) groups is 4. The highest BCUT2D eigenvalue weighted by atomic mass is 35.5. The summed E-state index contributed by atoms with van der Waals surface area (Å²) < 4.78 is 22.9. The molecule has 0 amide bonds. The molecule has 0 aromatic rings. The maximum absolute atomic E-state index is 17.0. The first-order chi connectivity index (χ1) is 14.9. The standard InChI is InChI=1S/C25H30ClFO5/c1-14(2)21(31)32-24(20(30)13-26)10-8-17-18-6-5-15-11-16(28)7-9-22(15,3)25(18,27)19(29)12-23(17,24)4/h7,9,11,14,17-18H,5-6,8,10,12-13H2,1-4H3/t17-,18-,22-,23-,24-,25-/m0/s1. The Morgan fingerprint density at radius 3 is 2.53 bits per heavy atom. The normalized spacial score (nSPS) is 42.8. The van der Waals surface area contributed by atoms with E-state index in [1.807, 2.05) is 0 Å². The molecule has 5 nitrogen and oxygen atoms in total. The van der Waals surface area contributed by atoms with Crippen LogP contribution in [0.15, 0.2) is 23.8 Å². The third-order valence-electron chi connectivity index (χ3n) is 8.84. The molecule has 0 spiro atoms. The predicted octanol–water partition coefficient (Wildman–Crippen LogP) is 4.31. The Kier molecular flexibility index (Phi) is 5.36. The molecule has 3 fully saturated rings. The van der Waals surface area contributed by atoms with Crippen LogP contribution in [0.1, 0.15) is 59.8 Å². The minimum absolute atomic E-state index is 0.194. The van der Waals surface area contributed by atoms with Crippen LogP contribution in [-0.4, -0.2) is 40.5 Å². The number of allylic oxidation sites excluding steroid dienone is 4. The van der Waals surface area contributed by atoms with Crippen molar-refractivity contribution in [3.63, 3.8) is 0 Å². The van der Waals surface area contributed by atoms with Crippen LogP contribution < -0.4 is 0 Å². The van der Waals surface area contributed by atoms with Crippen LogP contribution in [0, 0.1) is 28.6 Å². The van der Waals surface area contributed by atoms with E-state index in [2.05, 4.69) is 0 Å². The van der Waals surface area contributed by atoms with Gasteiger partial charge >= 0.3 is 5.97 Å². The van der Waals surface area contributed by atoms with Gasteiger partial charge in [0.05, 0.1) is 11.8 Å². The zero-order valence-corrected chi connectivity index (χ0v) is 19.8. The molecule has 4 rings (SSSR count). The fraction of sp³-hybridized carbons (Fsp3) is 0.680. The summed E-state index contributed by atoms with van der Waals surface area (Å²) in [6.07, 6.45) is 5.72. The molecule has 3 saturated carbocycles. The van der Waals surface area contributed by atoms with Crippen molar-refractivity contribution in [3.8, 4) is 0 Å². The van der Waals surface area contributed by atoms with Gasteiger partial charge in [-0.05, 0) is 50.7 Å². The fourth-order valence-electron chi connectivity index (χ4n) is 7.01. The second-order valence-corrected chi connectivity index (χ2v) is 10.9. The average Bonchev–Trinajstić information content (AvgIpc) is 3.01. The lowest BCUT2D eigenvalue weighted by atomic mass is 9.45. The zero-order valence-electron chi connectivity index (χ0n) is 19.0. The third-order valence-corrected chi connectivity index (χ3v) is 9.08. The van der Waals surface area contributed by atoms with Gasteiger partial charge in [-0.2, -0.15) is 0 Å². The topological polar surface area (TPSA) is 77.5 Å². The van der Waals surface area contributed by atoms with Crippen LogP contribution in [0.3, 0.4) is 0 Å². The van der Waals surface area contributed by atoms with Gasteiger partial charge in [0.15, 0.2) is 28.6 Å². The van der Waals surface area contributed by atoms with Crippen molar-refractivity contribution in [1.82, 2.24) is 0 Å². The van der Waals surface area contributed by atoms with Gasteiger partial charge in [-0.3, -0.25) is 19.2 Å². The summed E-state index contributed by atoms with van der Waals surface area (Å²) in [5.74, 6) is -3.51. The smallest absolute Gasteiger partial charge is 0.309 e. The van der Waals surface area contributed by atoms with E-state index in [-0.39, 0.29) is 30.4 Å². The first-order valence-corrected chi connectivity index (χ1v) is 11.9. The Hall–Kier alpha value is -1.82. The number of Topliss-reactive ketones (excluding diaryl/α,β-unsaturated/α-hetero) is 2. The summed E-state index contributed by atoms with van der Waals surface area (Å²) in [6.45, 7) is 6.84. The number of ether oxygens (including phenoxy) is 1. The molecule has 0 saturated heterocycles. The quantitative estimate of drug-likeness (QED) is 0.457. The van der Waals surface area contributed by atoms with E-state index in [9.17, 15) is 19.2 Å². The largest absolute Gasteiger partial charge is 0.450 e. The van der Waals surface area contributed by atoms with Gasteiger partial charge in [-0.15, -0.1) is 11.6 Å². The number of hydrogen-bond acceptors (Lipinski definition) is 5. The predicted molar refractivity (Wildman–Crippen MR) is 117 cm³/mol. The van der Waals surface area contributed by atoms with Crippen molar-refractivity contribution in [2.45, 2.75) is 71.1 Å². The molecule has 0 heterocycles. The van der Waals surface area contributed by atoms with Gasteiger partial charge in [-0.1, -0.05) is 32.4 Å². The number of hydrogen-bond donors (Lipinski definition) is 0. The molecule has 0 radical (unpaired) electrons. The van der Waals surface area contributed by atoms with E-state index in [4.69, 9.17) is 16.3 Å². The lowest BCUT2D eigenvalue weighted by molar-refractivity contribution is -0.199. The summed E-state index contributed by atoms with van der Waals surface area (Å²) in [5, 5.41) is 0. The van der Waals surface area contributed by atoms with Gasteiger partial charge in [0.1, 0.15) is 0 Å². The van der Waals surface area contributed by atoms with Crippen LogP contribution >= 0.6 is 11.6 Å². The number of ketones is 3. The Balaban J connectivity index is 1.81. The average molecular weight is 465 g/mol. The summed E-state index contributed by atoms with van der Waals surface area (Å²) in [5.41, 5.74) is -5.30. The summed E-state index contributed by atoms with van der Waals surface area (Å²) in [7, 11) is 0. The van der Waals surface area contributed by atoms with E-state index in [0.29, 0.717) is 24.8 Å². The van der Waals surface area contributed by atoms with Crippen molar-refractivity contribution in [3.05, 3.63) is 23.8 Å². The number of halogens is 2. The van der Waals surface area contributed by atoms with Gasteiger partial charge in [0.2, 0.25) is 0 Å². The van der Waals surface area contributed by atoms with Crippen molar-refractivity contribution in [2.75, 3.05) is 5.88 Å². The summed E-state index contributed by atoms with van der Waals surface area (Å²) in [6, 6.07) is 0.